The highest BCUT2D eigenvalue weighted by atomic mass is 16.5. The lowest BCUT2D eigenvalue weighted by Gasteiger charge is -2.44. The molecule has 3 aromatic rings. The fourth-order valence-corrected chi connectivity index (χ4v) is 5.46. The summed E-state index contributed by atoms with van der Waals surface area (Å²) >= 11 is 0. The molecule has 2 aromatic carbocycles. The summed E-state index contributed by atoms with van der Waals surface area (Å²) in [5, 5.41) is 7.10. The van der Waals surface area contributed by atoms with Crippen molar-refractivity contribution in [3.05, 3.63) is 53.9 Å². The highest BCUT2D eigenvalue weighted by Crippen LogP contribution is 2.41. The highest BCUT2D eigenvalue weighted by Gasteiger charge is 2.40. The van der Waals surface area contributed by atoms with Crippen LogP contribution in [-0.4, -0.2) is 66.1 Å². The number of piperidine rings is 1. The number of morpholine rings is 1. The van der Waals surface area contributed by atoms with Crippen molar-refractivity contribution >= 4 is 17.7 Å². The number of hydrogen-bond donors (Lipinski definition) is 1. The van der Waals surface area contributed by atoms with Gasteiger partial charge >= 0.3 is 12.0 Å². The first kappa shape index (κ1) is 24.7. The zero-order valence-electron chi connectivity index (χ0n) is 22.1. The molecule has 0 saturated carbocycles. The summed E-state index contributed by atoms with van der Waals surface area (Å²) in [6.45, 7) is 8.27. The highest BCUT2D eigenvalue weighted by molar-refractivity contribution is 5.89. The quantitative estimate of drug-likeness (QED) is 0.515. The van der Waals surface area contributed by atoms with E-state index in [4.69, 9.17) is 14.0 Å². The van der Waals surface area contributed by atoms with Gasteiger partial charge in [0, 0.05) is 50.6 Å². The number of carbonyl (C=O) groups excluding carboxylic acids is 1. The van der Waals surface area contributed by atoms with E-state index in [9.17, 15) is 4.79 Å². The van der Waals surface area contributed by atoms with Crippen molar-refractivity contribution in [3.8, 4) is 16.9 Å². The molecular formula is C29H35N5O4. The molecule has 200 valence electrons. The van der Waals surface area contributed by atoms with Gasteiger partial charge < -0.3 is 29.1 Å². The third kappa shape index (κ3) is 5.07. The van der Waals surface area contributed by atoms with E-state index in [-0.39, 0.29) is 17.6 Å². The largest absolute Gasteiger partial charge is 0.487 e. The van der Waals surface area contributed by atoms with Crippen molar-refractivity contribution < 1.29 is 18.8 Å². The number of urea groups is 1. The normalized spacial score (nSPS) is 18.8. The molecule has 2 amide bonds. The number of nitrogens with zero attached hydrogens (tertiary/aromatic N) is 4. The summed E-state index contributed by atoms with van der Waals surface area (Å²) in [5.74, 6) is 2.00. The van der Waals surface area contributed by atoms with Crippen LogP contribution in [0.4, 0.5) is 16.5 Å². The summed E-state index contributed by atoms with van der Waals surface area (Å²) in [6.07, 6.45) is 3.87. The van der Waals surface area contributed by atoms with Gasteiger partial charge in [0.15, 0.2) is 5.82 Å². The standard InChI is InChI=1S/C29H35N5O4/c1-20(2)26-31-28(38-32-26)34-13-11-29(12-14-34)10-9-23-19-22(5-8-25(23)37-29)21-3-6-24(7-4-21)30-27(35)33-15-17-36-18-16-33/h3-8,19-20H,9-18H2,1-2H3,(H,30,35). The Morgan fingerprint density at radius 1 is 0.974 bits per heavy atom. The lowest BCUT2D eigenvalue weighted by Crippen LogP contribution is -2.50. The molecule has 9 heteroatoms. The fraction of sp³-hybridized carbons (Fsp3) is 0.483. The molecule has 1 spiro atoms. The Labute approximate surface area is 223 Å². The van der Waals surface area contributed by atoms with Crippen LogP contribution in [0.5, 0.6) is 5.75 Å². The number of rotatable bonds is 4. The zero-order valence-corrected chi connectivity index (χ0v) is 22.1. The van der Waals surface area contributed by atoms with Crippen molar-refractivity contribution in [1.82, 2.24) is 15.0 Å². The van der Waals surface area contributed by atoms with E-state index in [1.807, 2.05) is 12.1 Å². The zero-order chi connectivity index (χ0) is 26.1. The first-order chi connectivity index (χ1) is 18.5. The molecule has 38 heavy (non-hydrogen) atoms. The van der Waals surface area contributed by atoms with Crippen LogP contribution in [0, 0.1) is 0 Å². The first-order valence-corrected chi connectivity index (χ1v) is 13.6. The van der Waals surface area contributed by atoms with Crippen molar-refractivity contribution in [2.75, 3.05) is 49.6 Å². The summed E-state index contributed by atoms with van der Waals surface area (Å²) in [7, 11) is 0. The van der Waals surface area contributed by atoms with Crippen LogP contribution in [-0.2, 0) is 11.2 Å². The SMILES string of the molecule is CC(C)c1noc(N2CCC3(CCc4cc(-c5ccc(NC(=O)N6CCOCC6)cc5)ccc4O3)CC2)n1. The van der Waals surface area contributed by atoms with Gasteiger partial charge in [-0.15, -0.1) is 0 Å². The maximum absolute atomic E-state index is 12.5. The number of aryl methyl sites for hydroxylation is 1. The molecule has 1 N–H and O–H groups in total. The number of ether oxygens (including phenoxy) is 2. The first-order valence-electron chi connectivity index (χ1n) is 13.6. The van der Waals surface area contributed by atoms with Crippen LogP contribution >= 0.6 is 0 Å². The van der Waals surface area contributed by atoms with Crippen LogP contribution in [0.25, 0.3) is 11.1 Å². The minimum atomic E-state index is -0.133. The Balaban J connectivity index is 1.08. The molecule has 3 aliphatic rings. The Kier molecular flexibility index (Phi) is 6.69. The van der Waals surface area contributed by atoms with E-state index in [2.05, 4.69) is 64.5 Å². The molecule has 0 radical (unpaired) electrons. The molecular weight excluding hydrogens is 482 g/mol. The molecule has 9 nitrogen and oxygen atoms in total. The van der Waals surface area contributed by atoms with Gasteiger partial charge in [-0.3, -0.25) is 0 Å². The van der Waals surface area contributed by atoms with Gasteiger partial charge in [-0.2, -0.15) is 4.98 Å². The number of hydrogen-bond acceptors (Lipinski definition) is 7. The van der Waals surface area contributed by atoms with Gasteiger partial charge in [0.2, 0.25) is 0 Å². The molecule has 0 unspecified atom stereocenters. The average Bonchev–Trinajstić information content (AvgIpc) is 3.45. The molecule has 0 aliphatic carbocycles. The summed E-state index contributed by atoms with van der Waals surface area (Å²) in [5.41, 5.74) is 4.18. The summed E-state index contributed by atoms with van der Waals surface area (Å²) < 4.78 is 17.5. The molecule has 0 atom stereocenters. The van der Waals surface area contributed by atoms with E-state index in [0.717, 1.165) is 67.2 Å². The maximum atomic E-state index is 12.5. The van der Waals surface area contributed by atoms with E-state index in [0.29, 0.717) is 32.3 Å². The number of anilines is 2. The van der Waals surface area contributed by atoms with Gasteiger partial charge in [-0.05, 0) is 53.8 Å². The number of amides is 2. The summed E-state index contributed by atoms with van der Waals surface area (Å²) in [4.78, 5) is 21.0. The fourth-order valence-electron chi connectivity index (χ4n) is 5.46. The Bertz CT molecular complexity index is 1270. The molecule has 3 aliphatic heterocycles. The van der Waals surface area contributed by atoms with Crippen LogP contribution in [0.2, 0.25) is 0 Å². The average molecular weight is 518 g/mol. The summed E-state index contributed by atoms with van der Waals surface area (Å²) in [6, 6.07) is 15.0. The number of carbonyl (C=O) groups is 1. The second-order valence-corrected chi connectivity index (χ2v) is 10.8. The van der Waals surface area contributed by atoms with Gasteiger partial charge in [0.05, 0.1) is 13.2 Å². The van der Waals surface area contributed by atoms with E-state index in [1.54, 1.807) is 4.90 Å². The van der Waals surface area contributed by atoms with Crippen LogP contribution in [0.3, 0.4) is 0 Å². The lowest BCUT2D eigenvalue weighted by molar-refractivity contribution is 0.0217. The van der Waals surface area contributed by atoms with Crippen molar-refractivity contribution in [2.45, 2.75) is 51.0 Å². The Hall–Kier alpha value is -3.59. The smallest absolute Gasteiger partial charge is 0.324 e. The number of benzene rings is 2. The van der Waals surface area contributed by atoms with Crippen LogP contribution in [0.15, 0.2) is 47.0 Å². The van der Waals surface area contributed by atoms with E-state index in [1.165, 1.54) is 5.56 Å². The minimum absolute atomic E-state index is 0.0795. The monoisotopic (exact) mass is 517 g/mol. The molecule has 2 saturated heterocycles. The second kappa shape index (κ2) is 10.3. The van der Waals surface area contributed by atoms with E-state index < -0.39 is 0 Å². The van der Waals surface area contributed by atoms with Crippen LogP contribution in [0.1, 0.15) is 50.4 Å². The third-order valence-electron chi connectivity index (χ3n) is 7.90. The molecule has 0 bridgehead atoms. The van der Waals surface area contributed by atoms with Gasteiger partial charge in [0.25, 0.3) is 0 Å². The van der Waals surface area contributed by atoms with Crippen LogP contribution < -0.4 is 15.0 Å². The minimum Gasteiger partial charge on any atom is -0.487 e. The number of nitrogens with one attached hydrogen (secondary N) is 1. The van der Waals surface area contributed by atoms with Crippen molar-refractivity contribution in [3.63, 3.8) is 0 Å². The molecule has 4 heterocycles. The lowest BCUT2D eigenvalue weighted by atomic mass is 9.82. The number of aromatic nitrogens is 2. The Morgan fingerprint density at radius 2 is 1.71 bits per heavy atom. The second-order valence-electron chi connectivity index (χ2n) is 10.8. The molecule has 1 aromatic heterocycles. The van der Waals surface area contributed by atoms with Crippen molar-refractivity contribution in [2.24, 2.45) is 0 Å². The van der Waals surface area contributed by atoms with Crippen molar-refractivity contribution in [1.29, 1.82) is 0 Å². The topological polar surface area (TPSA) is 93.0 Å². The maximum Gasteiger partial charge on any atom is 0.324 e. The third-order valence-corrected chi connectivity index (χ3v) is 7.90. The predicted molar refractivity (Wildman–Crippen MR) is 145 cm³/mol. The molecule has 6 rings (SSSR count). The van der Waals surface area contributed by atoms with Gasteiger partial charge in [-0.1, -0.05) is 37.2 Å². The van der Waals surface area contributed by atoms with E-state index >= 15 is 0 Å². The van der Waals surface area contributed by atoms with Gasteiger partial charge in [-0.25, -0.2) is 4.79 Å². The number of fused-ring (bicyclic) bond motifs is 1. The molecule has 2 fully saturated rings. The van der Waals surface area contributed by atoms with Gasteiger partial charge in [0.1, 0.15) is 11.4 Å². The Morgan fingerprint density at radius 3 is 2.42 bits per heavy atom. The predicted octanol–water partition coefficient (Wildman–Crippen LogP) is 5.09.